The van der Waals surface area contributed by atoms with Gasteiger partial charge in [0.25, 0.3) is 0 Å². The van der Waals surface area contributed by atoms with Crippen LogP contribution < -0.4 is 9.80 Å². The van der Waals surface area contributed by atoms with E-state index in [9.17, 15) is 18.0 Å². The van der Waals surface area contributed by atoms with Crippen LogP contribution in [0.1, 0.15) is 24.8 Å². The summed E-state index contributed by atoms with van der Waals surface area (Å²) < 4.78 is 39.2. The van der Waals surface area contributed by atoms with Crippen molar-refractivity contribution in [2.75, 3.05) is 36.5 Å². The molecule has 0 atom stereocenters. The van der Waals surface area contributed by atoms with E-state index in [0.29, 0.717) is 55.3 Å². The molecule has 0 amide bonds. The molecule has 0 aliphatic carbocycles. The Bertz CT molecular complexity index is 1090. The fourth-order valence-electron chi connectivity index (χ4n) is 4.10. The van der Waals surface area contributed by atoms with Crippen molar-refractivity contribution in [2.24, 2.45) is 5.41 Å². The van der Waals surface area contributed by atoms with Gasteiger partial charge in [-0.1, -0.05) is 11.3 Å². The van der Waals surface area contributed by atoms with E-state index in [1.807, 2.05) is 0 Å². The second kappa shape index (κ2) is 9.38. The number of hydrogen-bond donors (Lipinski definition) is 0. The molecule has 4 heterocycles. The van der Waals surface area contributed by atoms with Crippen LogP contribution in [-0.4, -0.2) is 58.1 Å². The van der Waals surface area contributed by atoms with Crippen LogP contribution in [0.2, 0.25) is 0 Å². The van der Waals surface area contributed by atoms with Crippen LogP contribution in [0.25, 0.3) is 10.7 Å². The zero-order valence-electron chi connectivity index (χ0n) is 17.9. The predicted molar refractivity (Wildman–Crippen MR) is 118 cm³/mol. The van der Waals surface area contributed by atoms with Crippen LogP contribution in [0.5, 0.6) is 0 Å². The molecule has 8 nitrogen and oxygen atoms in total. The maximum atomic E-state index is 13.1. The Morgan fingerprint density at radius 2 is 1.94 bits per heavy atom. The van der Waals surface area contributed by atoms with Gasteiger partial charge in [0.1, 0.15) is 23.3 Å². The van der Waals surface area contributed by atoms with Gasteiger partial charge in [0.2, 0.25) is 0 Å². The molecule has 0 N–H and O–H groups in total. The van der Waals surface area contributed by atoms with Crippen LogP contribution in [0.3, 0.4) is 0 Å². The third-order valence-electron chi connectivity index (χ3n) is 5.93. The zero-order valence-corrected chi connectivity index (χ0v) is 18.7. The van der Waals surface area contributed by atoms with Crippen LogP contribution in [0, 0.1) is 5.41 Å². The lowest BCUT2D eigenvalue weighted by Gasteiger charge is -2.43. The van der Waals surface area contributed by atoms with Crippen molar-refractivity contribution >= 4 is 29.1 Å². The molecule has 3 aromatic rings. The second-order valence-electron chi connectivity index (χ2n) is 8.15. The summed E-state index contributed by atoms with van der Waals surface area (Å²) in [5, 5.41) is 8.55. The van der Waals surface area contributed by atoms with Crippen molar-refractivity contribution in [3.05, 3.63) is 41.9 Å². The SMILES string of the molecule is CN(CC1(CC=O)CCN(c2cncc(-c3nncs3)n2)CC1)c1cncc(C(F)(F)F)c1. The summed E-state index contributed by atoms with van der Waals surface area (Å²) in [5.41, 5.74) is 1.50. The number of piperidine rings is 1. The summed E-state index contributed by atoms with van der Waals surface area (Å²) in [7, 11) is 1.73. The van der Waals surface area contributed by atoms with E-state index < -0.39 is 11.7 Å². The smallest absolute Gasteiger partial charge is 0.373 e. The lowest BCUT2D eigenvalue weighted by molar-refractivity contribution is -0.137. The molecule has 12 heteroatoms. The van der Waals surface area contributed by atoms with E-state index in [1.54, 1.807) is 29.9 Å². The minimum atomic E-state index is -4.46. The molecule has 0 radical (unpaired) electrons. The number of nitrogens with zero attached hydrogens (tertiary/aromatic N) is 7. The maximum absolute atomic E-state index is 13.1. The Hall–Kier alpha value is -3.15. The molecule has 4 rings (SSSR count). The van der Waals surface area contributed by atoms with Crippen LogP contribution in [-0.2, 0) is 11.0 Å². The highest BCUT2D eigenvalue weighted by atomic mass is 32.1. The van der Waals surface area contributed by atoms with Gasteiger partial charge in [-0.3, -0.25) is 9.97 Å². The van der Waals surface area contributed by atoms with Gasteiger partial charge in [0.15, 0.2) is 5.01 Å². The topological polar surface area (TPSA) is 88.0 Å². The number of hydrogen-bond acceptors (Lipinski definition) is 9. The number of halogens is 3. The molecule has 0 unspecified atom stereocenters. The molecule has 1 aliphatic heterocycles. The number of aromatic nitrogens is 5. The lowest BCUT2D eigenvalue weighted by Crippen LogP contribution is -2.46. The number of anilines is 2. The first kappa shape index (κ1) is 23.0. The van der Waals surface area contributed by atoms with Crippen molar-refractivity contribution in [3.63, 3.8) is 0 Å². The largest absolute Gasteiger partial charge is 0.417 e. The number of aldehydes is 1. The summed E-state index contributed by atoms with van der Waals surface area (Å²) in [4.78, 5) is 28.0. The van der Waals surface area contributed by atoms with Crippen molar-refractivity contribution in [2.45, 2.75) is 25.4 Å². The maximum Gasteiger partial charge on any atom is 0.417 e. The Labute approximate surface area is 192 Å². The zero-order chi connectivity index (χ0) is 23.5. The number of rotatable bonds is 7. The molecule has 0 bridgehead atoms. The summed E-state index contributed by atoms with van der Waals surface area (Å²) in [6.07, 6.45) is 3.69. The summed E-state index contributed by atoms with van der Waals surface area (Å²) >= 11 is 1.38. The molecule has 0 aromatic carbocycles. The second-order valence-corrected chi connectivity index (χ2v) is 8.98. The average molecular weight is 478 g/mol. The first-order valence-electron chi connectivity index (χ1n) is 10.3. The normalized spacial score (nSPS) is 15.9. The van der Waals surface area contributed by atoms with Gasteiger partial charge in [0, 0.05) is 39.3 Å². The van der Waals surface area contributed by atoms with Crippen molar-refractivity contribution in [1.82, 2.24) is 25.1 Å². The van der Waals surface area contributed by atoms with Gasteiger partial charge >= 0.3 is 6.18 Å². The van der Waals surface area contributed by atoms with Crippen molar-refractivity contribution in [3.8, 4) is 10.7 Å². The van der Waals surface area contributed by atoms with E-state index in [-0.39, 0.29) is 5.41 Å². The molecule has 33 heavy (non-hydrogen) atoms. The first-order valence-corrected chi connectivity index (χ1v) is 11.2. The predicted octanol–water partition coefficient (Wildman–Crippen LogP) is 3.72. The molecule has 174 valence electrons. The standard InChI is InChI=1S/C21H22F3N7OS/c1-30(16-8-15(9-25-10-16)21(22,23)24)13-20(4-7-32)2-5-31(6-3-20)18-12-26-11-17(28-18)19-29-27-14-33-19/h7-12,14H,2-6,13H2,1H3. The first-order chi connectivity index (χ1) is 15.8. The Kier molecular flexibility index (Phi) is 6.54. The molecule has 0 spiro atoms. The summed E-state index contributed by atoms with van der Waals surface area (Å²) in [5.74, 6) is 0.720. The highest BCUT2D eigenvalue weighted by molar-refractivity contribution is 7.12. The number of carbonyl (C=O) groups is 1. The average Bonchev–Trinajstić information content (AvgIpc) is 3.34. The Balaban J connectivity index is 1.47. The third kappa shape index (κ3) is 5.27. The molecule has 1 saturated heterocycles. The highest BCUT2D eigenvalue weighted by Crippen LogP contribution is 2.38. The fourth-order valence-corrected chi connectivity index (χ4v) is 4.60. The van der Waals surface area contributed by atoms with Gasteiger partial charge in [-0.15, -0.1) is 10.2 Å². The van der Waals surface area contributed by atoms with Crippen LogP contribution in [0.4, 0.5) is 24.7 Å². The van der Waals surface area contributed by atoms with Gasteiger partial charge < -0.3 is 14.6 Å². The van der Waals surface area contributed by atoms with E-state index in [0.717, 1.165) is 24.4 Å². The number of alkyl halides is 3. The summed E-state index contributed by atoms with van der Waals surface area (Å²) in [6, 6.07) is 1.09. The van der Waals surface area contributed by atoms with E-state index >= 15 is 0 Å². The van der Waals surface area contributed by atoms with Crippen molar-refractivity contribution < 1.29 is 18.0 Å². The monoisotopic (exact) mass is 477 g/mol. The third-order valence-corrected chi connectivity index (χ3v) is 6.64. The highest BCUT2D eigenvalue weighted by Gasteiger charge is 2.37. The quantitative estimate of drug-likeness (QED) is 0.476. The minimum Gasteiger partial charge on any atom is -0.373 e. The Morgan fingerprint density at radius 1 is 1.18 bits per heavy atom. The molecule has 1 aliphatic rings. The lowest BCUT2D eigenvalue weighted by atomic mass is 9.75. The molecule has 3 aromatic heterocycles. The summed E-state index contributed by atoms with van der Waals surface area (Å²) in [6.45, 7) is 1.74. The fraction of sp³-hybridized carbons (Fsp3) is 0.429. The van der Waals surface area contributed by atoms with Crippen molar-refractivity contribution in [1.29, 1.82) is 0 Å². The van der Waals surface area contributed by atoms with Crippen LogP contribution in [0.15, 0.2) is 36.4 Å². The van der Waals surface area contributed by atoms with E-state index in [2.05, 4.69) is 30.0 Å². The van der Waals surface area contributed by atoms with Gasteiger partial charge in [-0.25, -0.2) is 4.98 Å². The molecular formula is C21H22F3N7OS. The van der Waals surface area contributed by atoms with E-state index in [1.165, 1.54) is 17.5 Å². The van der Waals surface area contributed by atoms with E-state index in [4.69, 9.17) is 0 Å². The number of carbonyl (C=O) groups excluding carboxylic acids is 1. The van der Waals surface area contributed by atoms with Crippen LogP contribution >= 0.6 is 11.3 Å². The Morgan fingerprint density at radius 3 is 2.61 bits per heavy atom. The molecule has 0 saturated carbocycles. The number of pyridine rings is 1. The van der Waals surface area contributed by atoms with Gasteiger partial charge in [-0.05, 0) is 24.3 Å². The van der Waals surface area contributed by atoms with Gasteiger partial charge in [-0.2, -0.15) is 13.2 Å². The molecular weight excluding hydrogens is 455 g/mol. The molecule has 1 fully saturated rings. The minimum absolute atomic E-state index is 0.327. The van der Waals surface area contributed by atoms with Gasteiger partial charge in [0.05, 0.1) is 29.8 Å².